The normalized spacial score (nSPS) is 28.1. The first-order valence-electron chi connectivity index (χ1n) is 7.68. The molecule has 0 radical (unpaired) electrons. The van der Waals surface area contributed by atoms with Gasteiger partial charge in [-0.25, -0.2) is 0 Å². The Morgan fingerprint density at radius 1 is 1.22 bits per heavy atom. The van der Waals surface area contributed by atoms with E-state index in [0.717, 1.165) is 25.0 Å². The summed E-state index contributed by atoms with van der Waals surface area (Å²) in [4.78, 5) is 0. The maximum atomic E-state index is 12.9. The van der Waals surface area contributed by atoms with Crippen LogP contribution in [0.15, 0.2) is 18.2 Å². The van der Waals surface area contributed by atoms with Crippen molar-refractivity contribution in [3.8, 4) is 5.75 Å². The number of rotatable bonds is 4. The zero-order valence-corrected chi connectivity index (χ0v) is 12.8. The minimum atomic E-state index is -4.39. The molecule has 1 aromatic rings. The molecule has 23 heavy (non-hydrogen) atoms. The van der Waals surface area contributed by atoms with Crippen LogP contribution in [0.4, 0.5) is 13.2 Å². The Balaban J connectivity index is 1.82. The monoisotopic (exact) mass is 331 g/mol. The number of methoxy groups -OCH3 is 1. The van der Waals surface area contributed by atoms with E-state index < -0.39 is 11.7 Å². The van der Waals surface area contributed by atoms with Crippen molar-refractivity contribution in [3.63, 3.8) is 0 Å². The van der Waals surface area contributed by atoms with E-state index in [1.165, 1.54) is 18.2 Å². The van der Waals surface area contributed by atoms with Crippen LogP contribution in [-0.2, 0) is 17.5 Å². The Morgan fingerprint density at radius 3 is 2.43 bits per heavy atom. The van der Waals surface area contributed by atoms with Gasteiger partial charge >= 0.3 is 6.18 Å². The van der Waals surface area contributed by atoms with Crippen LogP contribution in [0.3, 0.4) is 0 Å². The van der Waals surface area contributed by atoms with Crippen molar-refractivity contribution >= 4 is 0 Å². The van der Waals surface area contributed by atoms with Gasteiger partial charge in [0.2, 0.25) is 0 Å². The number of piperidine rings is 1. The number of halogens is 3. The predicted octanol–water partition coefficient (Wildman–Crippen LogP) is 3.33. The van der Waals surface area contributed by atoms with Gasteiger partial charge in [-0.1, -0.05) is 0 Å². The van der Waals surface area contributed by atoms with E-state index in [4.69, 9.17) is 9.47 Å². The van der Waals surface area contributed by atoms with Crippen LogP contribution < -0.4 is 4.74 Å². The Morgan fingerprint density at radius 2 is 1.87 bits per heavy atom. The lowest BCUT2D eigenvalue weighted by molar-refractivity contribution is -0.144. The number of hydrogen-bond donors (Lipinski definition) is 1. The number of nitrogens with zero attached hydrogens (tertiary/aromatic N) is 1. The number of hydrogen-bond acceptors (Lipinski definition) is 4. The minimum absolute atomic E-state index is 0.0629. The molecule has 0 unspecified atom stereocenters. The summed E-state index contributed by atoms with van der Waals surface area (Å²) in [7, 11) is 1.44. The Bertz CT molecular complexity index is 550. The lowest BCUT2D eigenvalue weighted by Gasteiger charge is -2.35. The van der Waals surface area contributed by atoms with E-state index in [9.17, 15) is 18.4 Å². The molecule has 2 aliphatic rings. The average Bonchev–Trinajstić information content (AvgIpc) is 2.71. The predicted molar refractivity (Wildman–Crippen MR) is 76.1 cm³/mol. The van der Waals surface area contributed by atoms with Crippen molar-refractivity contribution in [2.45, 2.75) is 31.7 Å². The summed E-state index contributed by atoms with van der Waals surface area (Å²) >= 11 is 0. The van der Waals surface area contributed by atoms with Gasteiger partial charge in [-0.2, -0.15) is 18.2 Å². The fourth-order valence-corrected chi connectivity index (χ4v) is 3.63. The highest BCUT2D eigenvalue weighted by molar-refractivity contribution is 5.38. The second-order valence-corrected chi connectivity index (χ2v) is 6.30. The number of alkyl halides is 3. The van der Waals surface area contributed by atoms with Crippen LogP contribution in [0.1, 0.15) is 24.0 Å². The molecule has 1 saturated carbocycles. The van der Waals surface area contributed by atoms with Crippen molar-refractivity contribution in [1.82, 2.24) is 5.06 Å². The highest BCUT2D eigenvalue weighted by atomic mass is 19.4. The maximum Gasteiger partial charge on any atom is 0.416 e. The topological polar surface area (TPSA) is 41.9 Å². The molecule has 2 atom stereocenters. The second kappa shape index (κ2) is 6.30. The fourth-order valence-electron chi connectivity index (χ4n) is 3.63. The van der Waals surface area contributed by atoms with Gasteiger partial charge in [-0.3, -0.25) is 0 Å². The van der Waals surface area contributed by atoms with E-state index in [0.29, 0.717) is 24.4 Å². The van der Waals surface area contributed by atoms with Crippen molar-refractivity contribution in [3.05, 3.63) is 29.3 Å². The highest BCUT2D eigenvalue weighted by Gasteiger charge is 2.43. The minimum Gasteiger partial charge on any atom is -0.489 e. The molecule has 1 aromatic carbocycles. The molecule has 1 aliphatic carbocycles. The lowest BCUT2D eigenvalue weighted by atomic mass is 9.96. The van der Waals surface area contributed by atoms with Gasteiger partial charge in [-0.15, -0.1) is 0 Å². The molecular formula is C16H20F3NO3. The molecule has 2 bridgehead atoms. The number of hydroxylamine groups is 2. The molecule has 1 heterocycles. The van der Waals surface area contributed by atoms with E-state index in [-0.39, 0.29) is 24.5 Å². The Labute approximate surface area is 132 Å². The fraction of sp³-hybridized carbons (Fsp3) is 0.625. The molecule has 0 spiro atoms. The molecule has 2 fully saturated rings. The van der Waals surface area contributed by atoms with Gasteiger partial charge in [0.15, 0.2) is 0 Å². The van der Waals surface area contributed by atoms with Gasteiger partial charge in [0.25, 0.3) is 0 Å². The third kappa shape index (κ3) is 3.46. The Hall–Kier alpha value is -1.31. The molecule has 0 aromatic heterocycles. The van der Waals surface area contributed by atoms with Crippen molar-refractivity contribution < 1.29 is 27.9 Å². The summed E-state index contributed by atoms with van der Waals surface area (Å²) in [5, 5.41) is 11.0. The highest BCUT2D eigenvalue weighted by Crippen LogP contribution is 2.40. The van der Waals surface area contributed by atoms with Gasteiger partial charge < -0.3 is 14.7 Å². The lowest BCUT2D eigenvalue weighted by Crippen LogP contribution is -2.45. The van der Waals surface area contributed by atoms with Crippen LogP contribution in [0.25, 0.3) is 0 Å². The van der Waals surface area contributed by atoms with Crippen LogP contribution in [0, 0.1) is 11.8 Å². The van der Waals surface area contributed by atoms with Gasteiger partial charge in [0, 0.05) is 37.6 Å². The largest absolute Gasteiger partial charge is 0.489 e. The average molecular weight is 331 g/mol. The van der Waals surface area contributed by atoms with Crippen LogP contribution >= 0.6 is 0 Å². The summed E-state index contributed by atoms with van der Waals surface area (Å²) in [6.45, 7) is 1.15. The quantitative estimate of drug-likeness (QED) is 0.919. The first-order valence-corrected chi connectivity index (χ1v) is 7.68. The molecule has 7 heteroatoms. The van der Waals surface area contributed by atoms with E-state index in [1.54, 1.807) is 0 Å². The second-order valence-electron chi connectivity index (χ2n) is 6.30. The third-order valence-electron chi connectivity index (χ3n) is 4.68. The molecule has 0 amide bonds. The van der Waals surface area contributed by atoms with E-state index >= 15 is 0 Å². The smallest absolute Gasteiger partial charge is 0.416 e. The van der Waals surface area contributed by atoms with Gasteiger partial charge in [0.05, 0.1) is 12.2 Å². The van der Waals surface area contributed by atoms with Crippen molar-refractivity contribution in [1.29, 1.82) is 0 Å². The molecule has 4 nitrogen and oxygen atoms in total. The Kier molecular flexibility index (Phi) is 4.53. The van der Waals surface area contributed by atoms with E-state index in [2.05, 4.69) is 0 Å². The molecular weight excluding hydrogens is 311 g/mol. The number of ether oxygens (including phenoxy) is 2. The zero-order chi connectivity index (χ0) is 16.6. The molecule has 128 valence electrons. The maximum absolute atomic E-state index is 12.9. The summed E-state index contributed by atoms with van der Waals surface area (Å²) in [6, 6.07) is 3.50. The first kappa shape index (κ1) is 16.5. The summed E-state index contributed by atoms with van der Waals surface area (Å²) in [6.07, 6.45) is -2.52. The summed E-state index contributed by atoms with van der Waals surface area (Å²) in [5.41, 5.74) is -0.307. The third-order valence-corrected chi connectivity index (χ3v) is 4.68. The van der Waals surface area contributed by atoms with E-state index in [1.807, 2.05) is 0 Å². The van der Waals surface area contributed by atoms with Crippen molar-refractivity contribution in [2.75, 3.05) is 20.2 Å². The van der Waals surface area contributed by atoms with Crippen LogP contribution in [0.5, 0.6) is 5.75 Å². The van der Waals surface area contributed by atoms with Crippen LogP contribution in [0.2, 0.25) is 0 Å². The number of benzene rings is 1. The first-order chi connectivity index (χ1) is 10.9. The zero-order valence-electron chi connectivity index (χ0n) is 12.8. The molecule has 3 rings (SSSR count). The molecule has 1 saturated heterocycles. The van der Waals surface area contributed by atoms with Crippen LogP contribution in [-0.4, -0.2) is 36.6 Å². The van der Waals surface area contributed by atoms with Crippen molar-refractivity contribution in [2.24, 2.45) is 11.8 Å². The van der Waals surface area contributed by atoms with Gasteiger partial charge in [0.1, 0.15) is 11.9 Å². The van der Waals surface area contributed by atoms with Gasteiger partial charge in [-0.05, 0) is 31.0 Å². The summed E-state index contributed by atoms with van der Waals surface area (Å²) in [5.74, 6) is 0.848. The molecule has 1 N–H and O–H groups in total. The standard InChI is InChI=1S/C16H20F3NO3/c1-22-9-12-6-13(16(17,18)19)4-5-14(12)23-15-10-2-3-11(15)8-20(21)7-10/h4-6,10-11,15,21H,2-3,7-9H2,1H3/t10-,11-/m1/s1. The SMILES string of the molecule is COCc1cc(C(F)(F)F)ccc1OC1[C@@H]2CC[C@@H]1CN(O)C2. The molecule has 1 aliphatic heterocycles. The summed E-state index contributed by atoms with van der Waals surface area (Å²) < 4.78 is 49.7. The number of fused-ring (bicyclic) bond motifs is 2.